The van der Waals surface area contributed by atoms with Gasteiger partial charge in [0, 0.05) is 42.6 Å². The average Bonchev–Trinajstić information content (AvgIpc) is 3.19. The Morgan fingerprint density at radius 2 is 1.77 bits per heavy atom. The van der Waals surface area contributed by atoms with E-state index in [1.54, 1.807) is 17.3 Å². The Hall–Kier alpha value is -3.06. The van der Waals surface area contributed by atoms with Gasteiger partial charge in [-0.3, -0.25) is 10.1 Å². The Bertz CT molecular complexity index is 1060. The first-order valence-corrected chi connectivity index (χ1v) is 10.6. The monoisotopic (exact) mass is 439 g/mol. The molecule has 1 fully saturated rings. The molecule has 1 aliphatic heterocycles. The van der Waals surface area contributed by atoms with Crippen LogP contribution in [0.5, 0.6) is 0 Å². The van der Waals surface area contributed by atoms with Crippen LogP contribution in [0, 0.1) is 5.41 Å². The van der Waals surface area contributed by atoms with Crippen molar-refractivity contribution in [2.24, 2.45) is 5.41 Å². The molecule has 2 aromatic heterocycles. The van der Waals surface area contributed by atoms with Crippen molar-refractivity contribution >= 4 is 23.5 Å². The quantitative estimate of drug-likeness (QED) is 0.599. The summed E-state index contributed by atoms with van der Waals surface area (Å²) >= 11 is 6.09. The highest BCUT2D eigenvalue weighted by Gasteiger charge is 2.39. The highest BCUT2D eigenvalue weighted by molar-refractivity contribution is 6.30. The molecule has 0 radical (unpaired) electrons. The molecule has 0 bridgehead atoms. The van der Waals surface area contributed by atoms with E-state index in [9.17, 15) is 9.90 Å². The number of aromatic nitrogens is 3. The normalized spacial score (nSPS) is 17.1. The summed E-state index contributed by atoms with van der Waals surface area (Å²) in [6.45, 7) is 7.79. The molecule has 31 heavy (non-hydrogen) atoms. The topological polar surface area (TPSA) is 85.4 Å². The van der Waals surface area contributed by atoms with Crippen molar-refractivity contribution in [2.45, 2.75) is 26.8 Å². The number of hydrogen-bond acceptors (Lipinski definition) is 4. The van der Waals surface area contributed by atoms with Gasteiger partial charge in [0.1, 0.15) is 0 Å². The number of benzene rings is 1. The maximum atomic E-state index is 11.8. The standard InChI is InChI=1S/C23H26ClN5O2/c1-23(2,3)18-14-28(12-13-29(18)22(30)31)21-19(15-8-10-25-11-9-15)20(26-27-21)16-4-6-17(24)7-5-16/h4-11,18H,12-14H2,1-3H3,(H,26,27)(H,30,31). The molecule has 162 valence electrons. The number of pyridine rings is 1. The second-order valence-corrected chi connectivity index (χ2v) is 9.28. The van der Waals surface area contributed by atoms with E-state index in [-0.39, 0.29) is 11.5 Å². The molecule has 1 aliphatic rings. The average molecular weight is 440 g/mol. The molecular formula is C23H26ClN5O2. The van der Waals surface area contributed by atoms with Crippen LogP contribution in [0.25, 0.3) is 22.4 Å². The minimum Gasteiger partial charge on any atom is -0.465 e. The number of nitrogens with one attached hydrogen (secondary N) is 1. The van der Waals surface area contributed by atoms with Gasteiger partial charge >= 0.3 is 6.09 Å². The van der Waals surface area contributed by atoms with Crippen LogP contribution in [0.1, 0.15) is 20.8 Å². The lowest BCUT2D eigenvalue weighted by molar-refractivity contribution is 0.0747. The molecule has 0 saturated carbocycles. The fourth-order valence-electron chi connectivity index (χ4n) is 4.12. The Morgan fingerprint density at radius 3 is 2.39 bits per heavy atom. The first-order chi connectivity index (χ1) is 14.8. The number of nitrogens with zero attached hydrogens (tertiary/aromatic N) is 4. The molecule has 3 heterocycles. The molecule has 1 atom stereocenters. The summed E-state index contributed by atoms with van der Waals surface area (Å²) < 4.78 is 0. The zero-order valence-corrected chi connectivity index (χ0v) is 18.6. The van der Waals surface area contributed by atoms with E-state index in [0.29, 0.717) is 24.7 Å². The molecule has 0 aliphatic carbocycles. The highest BCUT2D eigenvalue weighted by atomic mass is 35.5. The fraction of sp³-hybridized carbons (Fsp3) is 0.348. The van der Waals surface area contributed by atoms with E-state index in [0.717, 1.165) is 28.2 Å². The third-order valence-corrected chi connectivity index (χ3v) is 6.03. The Kier molecular flexibility index (Phi) is 5.62. The van der Waals surface area contributed by atoms with E-state index in [2.05, 4.69) is 40.9 Å². The van der Waals surface area contributed by atoms with Gasteiger partial charge in [-0.05, 0) is 35.2 Å². The maximum absolute atomic E-state index is 11.8. The van der Waals surface area contributed by atoms with Gasteiger partial charge in [-0.25, -0.2) is 4.79 Å². The van der Waals surface area contributed by atoms with Gasteiger partial charge in [0.05, 0.1) is 17.3 Å². The fourth-order valence-corrected chi connectivity index (χ4v) is 4.25. The van der Waals surface area contributed by atoms with Gasteiger partial charge in [-0.1, -0.05) is 44.5 Å². The second kappa shape index (κ2) is 8.23. The molecule has 4 rings (SSSR count). The van der Waals surface area contributed by atoms with E-state index >= 15 is 0 Å². The Morgan fingerprint density at radius 1 is 1.10 bits per heavy atom. The predicted octanol–water partition coefficient (Wildman–Crippen LogP) is 5.01. The van der Waals surface area contributed by atoms with Crippen LogP contribution in [-0.2, 0) is 0 Å². The van der Waals surface area contributed by atoms with Gasteiger partial charge in [0.15, 0.2) is 5.82 Å². The summed E-state index contributed by atoms with van der Waals surface area (Å²) in [6, 6.07) is 11.4. The minimum atomic E-state index is -0.877. The lowest BCUT2D eigenvalue weighted by Crippen LogP contribution is -2.59. The van der Waals surface area contributed by atoms with Crippen molar-refractivity contribution in [3.63, 3.8) is 0 Å². The number of H-pyrrole nitrogens is 1. The summed E-state index contributed by atoms with van der Waals surface area (Å²) in [5.74, 6) is 0.815. The van der Waals surface area contributed by atoms with Gasteiger partial charge < -0.3 is 14.9 Å². The van der Waals surface area contributed by atoms with E-state index < -0.39 is 6.09 Å². The van der Waals surface area contributed by atoms with Crippen LogP contribution in [0.2, 0.25) is 5.02 Å². The molecule has 1 aromatic carbocycles. The second-order valence-electron chi connectivity index (χ2n) is 8.84. The number of hydrogen-bond donors (Lipinski definition) is 2. The van der Waals surface area contributed by atoms with Gasteiger partial charge in [-0.15, -0.1) is 0 Å². The highest BCUT2D eigenvalue weighted by Crippen LogP contribution is 2.39. The molecule has 8 heteroatoms. The van der Waals surface area contributed by atoms with Crippen LogP contribution in [0.15, 0.2) is 48.8 Å². The molecule has 1 unspecified atom stereocenters. The zero-order chi connectivity index (χ0) is 22.2. The molecule has 1 amide bonds. The lowest BCUT2D eigenvalue weighted by atomic mass is 9.84. The third-order valence-electron chi connectivity index (χ3n) is 5.77. The SMILES string of the molecule is CC(C)(C)C1CN(c2n[nH]c(-c3ccc(Cl)cc3)c2-c2ccncc2)CCN1C(=O)O. The largest absolute Gasteiger partial charge is 0.465 e. The van der Waals surface area contributed by atoms with Crippen LogP contribution in [0.3, 0.4) is 0 Å². The molecule has 7 nitrogen and oxygen atoms in total. The first-order valence-electron chi connectivity index (χ1n) is 10.2. The van der Waals surface area contributed by atoms with Gasteiger partial charge in [-0.2, -0.15) is 5.10 Å². The Balaban J connectivity index is 1.78. The predicted molar refractivity (Wildman–Crippen MR) is 122 cm³/mol. The number of aromatic amines is 1. The number of anilines is 1. The van der Waals surface area contributed by atoms with Crippen LogP contribution < -0.4 is 4.90 Å². The van der Waals surface area contributed by atoms with Crippen molar-refractivity contribution in [1.29, 1.82) is 0 Å². The van der Waals surface area contributed by atoms with Crippen molar-refractivity contribution in [3.8, 4) is 22.4 Å². The van der Waals surface area contributed by atoms with Crippen molar-refractivity contribution < 1.29 is 9.90 Å². The lowest BCUT2D eigenvalue weighted by Gasteiger charge is -2.46. The van der Waals surface area contributed by atoms with E-state index in [1.807, 2.05) is 36.4 Å². The summed E-state index contributed by atoms with van der Waals surface area (Å²) in [5, 5.41) is 18.3. The van der Waals surface area contributed by atoms with Crippen LogP contribution in [-0.4, -0.2) is 57.0 Å². The number of halogens is 1. The van der Waals surface area contributed by atoms with Crippen LogP contribution >= 0.6 is 11.6 Å². The van der Waals surface area contributed by atoms with Crippen molar-refractivity contribution in [2.75, 3.05) is 24.5 Å². The number of carbonyl (C=O) groups is 1. The molecule has 0 spiro atoms. The van der Waals surface area contributed by atoms with Crippen molar-refractivity contribution in [1.82, 2.24) is 20.1 Å². The smallest absolute Gasteiger partial charge is 0.407 e. The number of piperazine rings is 1. The van der Waals surface area contributed by atoms with E-state index in [4.69, 9.17) is 11.6 Å². The first kappa shape index (κ1) is 21.2. The van der Waals surface area contributed by atoms with Gasteiger partial charge in [0.25, 0.3) is 0 Å². The molecule has 3 aromatic rings. The molecule has 2 N–H and O–H groups in total. The number of carboxylic acid groups (broad SMARTS) is 1. The van der Waals surface area contributed by atoms with E-state index in [1.165, 1.54) is 0 Å². The summed E-state index contributed by atoms with van der Waals surface area (Å²) in [4.78, 5) is 19.7. The number of rotatable bonds is 3. The minimum absolute atomic E-state index is 0.153. The molecule has 1 saturated heterocycles. The number of amides is 1. The van der Waals surface area contributed by atoms with Crippen LogP contribution in [0.4, 0.5) is 10.6 Å². The molecular weight excluding hydrogens is 414 g/mol. The summed E-state index contributed by atoms with van der Waals surface area (Å²) in [5.41, 5.74) is 3.64. The summed E-state index contributed by atoms with van der Waals surface area (Å²) in [6.07, 6.45) is 2.65. The zero-order valence-electron chi connectivity index (χ0n) is 17.8. The van der Waals surface area contributed by atoms with Crippen molar-refractivity contribution in [3.05, 3.63) is 53.8 Å². The third kappa shape index (κ3) is 4.23. The maximum Gasteiger partial charge on any atom is 0.407 e. The summed E-state index contributed by atoms with van der Waals surface area (Å²) in [7, 11) is 0. The Labute approximate surface area is 186 Å². The van der Waals surface area contributed by atoms with Gasteiger partial charge in [0.2, 0.25) is 0 Å².